The monoisotopic (exact) mass is 305 g/mol. The highest BCUT2D eigenvalue weighted by atomic mass is 35.5. The number of aromatic nitrogens is 1. The Bertz CT molecular complexity index is 604. The lowest BCUT2D eigenvalue weighted by atomic mass is 10.0. The van der Waals surface area contributed by atoms with Crippen molar-refractivity contribution in [2.45, 2.75) is 13.0 Å². The molecular weight excluding hydrogens is 286 g/mol. The topological polar surface area (TPSA) is 48.1 Å². The van der Waals surface area contributed by atoms with E-state index < -0.39 is 0 Å². The minimum absolute atomic E-state index is 0.125. The van der Waals surface area contributed by atoms with Gasteiger partial charge in [0.15, 0.2) is 0 Å². The smallest absolute Gasteiger partial charge is 0.267 e. The molecule has 2 aromatic rings. The number of nitrogens with zero attached hydrogens (tertiary/aromatic N) is 1. The molecule has 1 amide bonds. The van der Waals surface area contributed by atoms with Gasteiger partial charge in [0.1, 0.15) is 5.69 Å². The van der Waals surface area contributed by atoms with E-state index in [9.17, 15) is 4.79 Å². The molecule has 1 aromatic carbocycles. The van der Waals surface area contributed by atoms with Crippen LogP contribution in [0.2, 0.25) is 5.02 Å². The molecule has 0 aliphatic carbocycles. The van der Waals surface area contributed by atoms with Gasteiger partial charge in [-0.05, 0) is 32.6 Å². The van der Waals surface area contributed by atoms with Gasteiger partial charge in [-0.25, -0.2) is 0 Å². The van der Waals surface area contributed by atoms with E-state index in [0.717, 1.165) is 0 Å². The van der Waals surface area contributed by atoms with Gasteiger partial charge >= 0.3 is 0 Å². The summed E-state index contributed by atoms with van der Waals surface area (Å²) in [5, 5.41) is 3.47. The highest BCUT2D eigenvalue weighted by Gasteiger charge is 2.16. The molecule has 0 bridgehead atoms. The molecule has 4 nitrogen and oxygen atoms in total. The number of nitrogens with one attached hydrogen (secondary N) is 2. The Balaban J connectivity index is 2.03. The Labute approximate surface area is 130 Å². The first-order chi connectivity index (χ1) is 9.97. The molecule has 0 saturated carbocycles. The molecule has 0 radical (unpaired) electrons. The van der Waals surface area contributed by atoms with Gasteiger partial charge in [-0.1, -0.05) is 41.4 Å². The first-order valence-electron chi connectivity index (χ1n) is 6.82. The number of benzene rings is 1. The summed E-state index contributed by atoms with van der Waals surface area (Å²) in [4.78, 5) is 17.0. The summed E-state index contributed by atoms with van der Waals surface area (Å²) in [6, 6.07) is 10.1. The van der Waals surface area contributed by atoms with Gasteiger partial charge in [-0.2, -0.15) is 0 Å². The lowest BCUT2D eigenvalue weighted by molar-refractivity contribution is 0.0937. The summed E-state index contributed by atoms with van der Waals surface area (Å²) in [5.74, 6) is -0.152. The molecule has 2 rings (SSSR count). The molecule has 112 valence electrons. The summed E-state index contributed by atoms with van der Waals surface area (Å²) < 4.78 is 0. The molecule has 1 aromatic heterocycles. The van der Waals surface area contributed by atoms with E-state index >= 15 is 0 Å². The number of H-pyrrole nitrogens is 1. The van der Waals surface area contributed by atoms with E-state index in [0.29, 0.717) is 17.3 Å². The number of amides is 1. The van der Waals surface area contributed by atoms with Crippen LogP contribution in [-0.4, -0.2) is 36.4 Å². The third kappa shape index (κ3) is 4.09. The van der Waals surface area contributed by atoms with E-state index in [-0.39, 0.29) is 11.9 Å². The maximum absolute atomic E-state index is 12.1. The van der Waals surface area contributed by atoms with Crippen molar-refractivity contribution in [1.29, 1.82) is 0 Å². The minimum atomic E-state index is -0.152. The third-order valence-corrected chi connectivity index (χ3v) is 3.65. The van der Waals surface area contributed by atoms with E-state index in [1.807, 2.05) is 14.1 Å². The van der Waals surface area contributed by atoms with Crippen LogP contribution >= 0.6 is 11.6 Å². The first kappa shape index (κ1) is 15.6. The van der Waals surface area contributed by atoms with Gasteiger partial charge in [0, 0.05) is 12.7 Å². The number of carbonyl (C=O) groups excluding carboxylic acids is 1. The number of carbonyl (C=O) groups is 1. The molecule has 5 heteroatoms. The van der Waals surface area contributed by atoms with E-state index in [2.05, 4.69) is 46.4 Å². The summed E-state index contributed by atoms with van der Waals surface area (Å²) in [5.41, 5.74) is 2.87. The maximum Gasteiger partial charge on any atom is 0.267 e. The van der Waals surface area contributed by atoms with Gasteiger partial charge in [0.25, 0.3) is 5.91 Å². The lowest BCUT2D eigenvalue weighted by Crippen LogP contribution is -2.34. The highest BCUT2D eigenvalue weighted by Crippen LogP contribution is 2.18. The van der Waals surface area contributed by atoms with Gasteiger partial charge in [-0.15, -0.1) is 0 Å². The van der Waals surface area contributed by atoms with Crippen LogP contribution in [-0.2, 0) is 0 Å². The molecule has 2 N–H and O–H groups in total. The Morgan fingerprint density at radius 3 is 2.52 bits per heavy atom. The van der Waals surface area contributed by atoms with Crippen LogP contribution in [0, 0.1) is 6.92 Å². The number of likely N-dealkylation sites (N-methyl/N-ethyl adjacent to an activating group) is 1. The zero-order valence-electron chi connectivity index (χ0n) is 12.5. The van der Waals surface area contributed by atoms with E-state index in [1.54, 1.807) is 12.3 Å². The molecule has 0 aliphatic heterocycles. The highest BCUT2D eigenvalue weighted by molar-refractivity contribution is 6.30. The van der Waals surface area contributed by atoms with Crippen LogP contribution in [0.15, 0.2) is 36.5 Å². The summed E-state index contributed by atoms with van der Waals surface area (Å²) in [6.07, 6.45) is 1.60. The number of rotatable bonds is 5. The maximum atomic E-state index is 12.1. The zero-order valence-corrected chi connectivity index (χ0v) is 13.2. The first-order valence-corrected chi connectivity index (χ1v) is 7.20. The van der Waals surface area contributed by atoms with Crippen LogP contribution < -0.4 is 5.32 Å². The Morgan fingerprint density at radius 1 is 1.33 bits per heavy atom. The standard InChI is InChI=1S/C16H20ClN3O/c1-11-4-6-12(7-5-11)15(20(2)3)10-19-16(21)14-8-13(17)9-18-14/h4-9,15,18H,10H2,1-3H3,(H,19,21). The summed E-state index contributed by atoms with van der Waals surface area (Å²) >= 11 is 5.81. The van der Waals surface area contributed by atoms with E-state index in [4.69, 9.17) is 11.6 Å². The van der Waals surface area contributed by atoms with Crippen LogP contribution in [0.25, 0.3) is 0 Å². The van der Waals surface area contributed by atoms with Crippen LogP contribution in [0.4, 0.5) is 0 Å². The number of hydrogen-bond donors (Lipinski definition) is 2. The fourth-order valence-electron chi connectivity index (χ4n) is 2.17. The van der Waals surface area contributed by atoms with Crippen molar-refractivity contribution in [2.75, 3.05) is 20.6 Å². The Morgan fingerprint density at radius 2 is 2.00 bits per heavy atom. The van der Waals surface area contributed by atoms with Gasteiger partial charge in [0.2, 0.25) is 0 Å². The molecule has 0 spiro atoms. The largest absolute Gasteiger partial charge is 0.356 e. The molecule has 1 atom stereocenters. The van der Waals surface area contributed by atoms with E-state index in [1.165, 1.54) is 11.1 Å². The van der Waals surface area contributed by atoms with Crippen LogP contribution in [0.3, 0.4) is 0 Å². The summed E-state index contributed by atoms with van der Waals surface area (Å²) in [6.45, 7) is 2.59. The van der Waals surface area contributed by atoms with Crippen molar-refractivity contribution in [3.63, 3.8) is 0 Å². The predicted octanol–water partition coefficient (Wildman–Crippen LogP) is 3.01. The van der Waals surface area contributed by atoms with Crippen LogP contribution in [0.5, 0.6) is 0 Å². The fraction of sp³-hybridized carbons (Fsp3) is 0.312. The fourth-order valence-corrected chi connectivity index (χ4v) is 2.33. The normalized spacial score (nSPS) is 12.4. The Kier molecular flexibility index (Phi) is 5.04. The molecule has 21 heavy (non-hydrogen) atoms. The van der Waals surface area contributed by atoms with Crippen molar-refractivity contribution in [2.24, 2.45) is 0 Å². The number of halogens is 1. The molecule has 1 unspecified atom stereocenters. The number of aromatic amines is 1. The molecule has 0 aliphatic rings. The minimum Gasteiger partial charge on any atom is -0.356 e. The molecular formula is C16H20ClN3O. The van der Waals surface area contributed by atoms with Crippen molar-refractivity contribution in [1.82, 2.24) is 15.2 Å². The zero-order chi connectivity index (χ0) is 15.4. The van der Waals surface area contributed by atoms with Gasteiger partial charge in [0.05, 0.1) is 11.1 Å². The molecule has 0 fully saturated rings. The average molecular weight is 306 g/mol. The average Bonchev–Trinajstić information content (AvgIpc) is 2.87. The van der Waals surface area contributed by atoms with Crippen LogP contribution in [0.1, 0.15) is 27.7 Å². The second-order valence-electron chi connectivity index (χ2n) is 5.33. The second kappa shape index (κ2) is 6.78. The Hall–Kier alpha value is -1.78. The number of aryl methyl sites for hydroxylation is 1. The quantitative estimate of drug-likeness (QED) is 0.892. The van der Waals surface area contributed by atoms with Gasteiger partial charge < -0.3 is 15.2 Å². The predicted molar refractivity (Wildman–Crippen MR) is 85.7 cm³/mol. The number of hydrogen-bond acceptors (Lipinski definition) is 2. The SMILES string of the molecule is Cc1ccc(C(CNC(=O)c2cc(Cl)c[nH]2)N(C)C)cc1. The van der Waals surface area contributed by atoms with Crippen molar-refractivity contribution < 1.29 is 4.79 Å². The third-order valence-electron chi connectivity index (χ3n) is 3.43. The second-order valence-corrected chi connectivity index (χ2v) is 5.77. The molecule has 0 saturated heterocycles. The lowest BCUT2D eigenvalue weighted by Gasteiger charge is -2.25. The van der Waals surface area contributed by atoms with Crippen molar-refractivity contribution in [3.05, 3.63) is 58.4 Å². The van der Waals surface area contributed by atoms with Gasteiger partial charge in [-0.3, -0.25) is 4.79 Å². The van der Waals surface area contributed by atoms with Crippen molar-refractivity contribution in [3.8, 4) is 0 Å². The van der Waals surface area contributed by atoms with Crippen molar-refractivity contribution >= 4 is 17.5 Å². The molecule has 1 heterocycles. The summed E-state index contributed by atoms with van der Waals surface area (Å²) in [7, 11) is 4.00.